The minimum atomic E-state index is -0.474. The average Bonchev–Trinajstić information content (AvgIpc) is 2.76. The van der Waals surface area contributed by atoms with Gasteiger partial charge in [-0.25, -0.2) is 9.49 Å². The summed E-state index contributed by atoms with van der Waals surface area (Å²) in [6.45, 7) is 0. The Kier molecular flexibility index (Phi) is 3.78. The standard InChI is InChI=1S/C10H10FN5OS/c11-6-3-1-2-4-7(6)13-8(17)5-18-10-14-9(12)15-16-10/h1-4H,5H2,(H,13,17)(H3,12,14,15,16). The predicted octanol–water partition coefficient (Wildman–Crippen LogP) is 1.26. The first-order valence-electron chi connectivity index (χ1n) is 5.00. The van der Waals surface area contributed by atoms with Crippen molar-refractivity contribution in [3.05, 3.63) is 30.1 Å². The molecule has 0 saturated carbocycles. The van der Waals surface area contributed by atoms with Gasteiger partial charge in [-0.05, 0) is 12.1 Å². The molecule has 0 bridgehead atoms. The number of amides is 1. The van der Waals surface area contributed by atoms with Crippen molar-refractivity contribution in [3.8, 4) is 0 Å². The Hall–Kier alpha value is -2.09. The molecule has 94 valence electrons. The lowest BCUT2D eigenvalue weighted by molar-refractivity contribution is -0.113. The molecule has 0 unspecified atom stereocenters. The number of thioether (sulfide) groups is 1. The molecule has 0 atom stereocenters. The molecule has 0 radical (unpaired) electrons. The quantitative estimate of drug-likeness (QED) is 0.724. The smallest absolute Gasteiger partial charge is 0.234 e. The SMILES string of the molecule is Nc1nc(SCC(=O)Nc2ccccc2F)n[nH]1. The number of para-hydroxylation sites is 1. The van der Waals surface area contributed by atoms with Crippen molar-refractivity contribution in [2.75, 3.05) is 16.8 Å². The lowest BCUT2D eigenvalue weighted by Crippen LogP contribution is -2.15. The van der Waals surface area contributed by atoms with E-state index < -0.39 is 5.82 Å². The summed E-state index contributed by atoms with van der Waals surface area (Å²) in [5.74, 6) is -0.551. The molecule has 0 fully saturated rings. The number of rotatable bonds is 4. The van der Waals surface area contributed by atoms with Crippen molar-refractivity contribution in [2.45, 2.75) is 5.16 Å². The zero-order valence-corrected chi connectivity index (χ0v) is 10.00. The summed E-state index contributed by atoms with van der Waals surface area (Å²) in [7, 11) is 0. The van der Waals surface area contributed by atoms with E-state index in [9.17, 15) is 9.18 Å². The summed E-state index contributed by atoms with van der Waals surface area (Å²) < 4.78 is 13.2. The lowest BCUT2D eigenvalue weighted by atomic mass is 10.3. The average molecular weight is 267 g/mol. The third kappa shape index (κ3) is 3.20. The number of carbonyl (C=O) groups is 1. The molecule has 0 aliphatic heterocycles. The lowest BCUT2D eigenvalue weighted by Gasteiger charge is -2.04. The number of nitrogens with zero attached hydrogens (tertiary/aromatic N) is 2. The highest BCUT2D eigenvalue weighted by molar-refractivity contribution is 7.99. The van der Waals surface area contributed by atoms with Crippen molar-refractivity contribution in [1.29, 1.82) is 0 Å². The van der Waals surface area contributed by atoms with Gasteiger partial charge in [-0.15, -0.1) is 5.10 Å². The van der Waals surface area contributed by atoms with Crippen LogP contribution in [0.15, 0.2) is 29.4 Å². The second kappa shape index (κ2) is 5.50. The molecule has 2 aromatic rings. The Morgan fingerprint density at radius 2 is 2.28 bits per heavy atom. The number of hydrogen-bond donors (Lipinski definition) is 3. The molecular formula is C10H10FN5OS. The van der Waals surface area contributed by atoms with Crippen LogP contribution in [0.2, 0.25) is 0 Å². The van der Waals surface area contributed by atoms with Gasteiger partial charge in [0.05, 0.1) is 11.4 Å². The van der Waals surface area contributed by atoms with Gasteiger partial charge in [-0.2, -0.15) is 4.98 Å². The third-order valence-corrected chi connectivity index (χ3v) is 2.81. The van der Waals surface area contributed by atoms with Gasteiger partial charge in [0.2, 0.25) is 17.0 Å². The van der Waals surface area contributed by atoms with Crippen LogP contribution >= 0.6 is 11.8 Å². The molecule has 2 rings (SSSR count). The molecule has 8 heteroatoms. The Balaban J connectivity index is 1.88. The van der Waals surface area contributed by atoms with Crippen LogP contribution in [-0.4, -0.2) is 26.8 Å². The fourth-order valence-corrected chi connectivity index (χ4v) is 1.81. The summed E-state index contributed by atoms with van der Waals surface area (Å²) >= 11 is 1.11. The normalized spacial score (nSPS) is 10.3. The van der Waals surface area contributed by atoms with E-state index in [0.717, 1.165) is 11.8 Å². The van der Waals surface area contributed by atoms with Gasteiger partial charge in [0, 0.05) is 0 Å². The van der Waals surface area contributed by atoms with Gasteiger partial charge < -0.3 is 11.1 Å². The van der Waals surface area contributed by atoms with E-state index in [1.54, 1.807) is 12.1 Å². The molecule has 1 heterocycles. The number of halogens is 1. The van der Waals surface area contributed by atoms with E-state index in [2.05, 4.69) is 20.5 Å². The molecule has 1 aromatic carbocycles. The van der Waals surface area contributed by atoms with Gasteiger partial charge >= 0.3 is 0 Å². The fourth-order valence-electron chi connectivity index (χ4n) is 1.20. The molecule has 6 nitrogen and oxygen atoms in total. The second-order valence-electron chi connectivity index (χ2n) is 3.32. The molecule has 0 aliphatic carbocycles. The van der Waals surface area contributed by atoms with Crippen LogP contribution in [-0.2, 0) is 4.79 Å². The van der Waals surface area contributed by atoms with Crippen LogP contribution in [0.1, 0.15) is 0 Å². The number of aromatic amines is 1. The maximum Gasteiger partial charge on any atom is 0.234 e. The van der Waals surface area contributed by atoms with Gasteiger partial charge in [0.25, 0.3) is 0 Å². The summed E-state index contributed by atoms with van der Waals surface area (Å²) in [5.41, 5.74) is 5.49. The van der Waals surface area contributed by atoms with Crippen LogP contribution in [0, 0.1) is 5.82 Å². The highest BCUT2D eigenvalue weighted by atomic mass is 32.2. The first kappa shape index (κ1) is 12.4. The number of nitrogen functional groups attached to an aromatic ring is 1. The predicted molar refractivity (Wildman–Crippen MR) is 66.5 cm³/mol. The van der Waals surface area contributed by atoms with Gasteiger partial charge in [0.1, 0.15) is 5.82 Å². The van der Waals surface area contributed by atoms with E-state index in [1.165, 1.54) is 12.1 Å². The van der Waals surface area contributed by atoms with Crippen LogP contribution in [0.25, 0.3) is 0 Å². The molecule has 18 heavy (non-hydrogen) atoms. The minimum Gasteiger partial charge on any atom is -0.368 e. The third-order valence-electron chi connectivity index (χ3n) is 1.96. The number of H-pyrrole nitrogens is 1. The van der Waals surface area contributed by atoms with Crippen molar-refractivity contribution in [2.24, 2.45) is 0 Å². The highest BCUT2D eigenvalue weighted by Crippen LogP contribution is 2.15. The highest BCUT2D eigenvalue weighted by Gasteiger charge is 2.08. The van der Waals surface area contributed by atoms with Crippen molar-refractivity contribution in [1.82, 2.24) is 15.2 Å². The molecule has 0 saturated heterocycles. The van der Waals surface area contributed by atoms with Crippen LogP contribution in [0.3, 0.4) is 0 Å². The Labute approximate surface area is 106 Å². The molecule has 1 aromatic heterocycles. The largest absolute Gasteiger partial charge is 0.368 e. The summed E-state index contributed by atoms with van der Waals surface area (Å²) in [6, 6.07) is 5.96. The summed E-state index contributed by atoms with van der Waals surface area (Å²) in [4.78, 5) is 15.4. The van der Waals surface area contributed by atoms with Crippen molar-refractivity contribution in [3.63, 3.8) is 0 Å². The molecule has 1 amide bonds. The molecule has 0 aliphatic rings. The zero-order chi connectivity index (χ0) is 13.0. The van der Waals surface area contributed by atoms with Crippen molar-refractivity contribution >= 4 is 29.3 Å². The second-order valence-corrected chi connectivity index (χ2v) is 4.26. The number of hydrogen-bond acceptors (Lipinski definition) is 5. The van der Waals surface area contributed by atoms with E-state index in [-0.39, 0.29) is 23.3 Å². The Bertz CT molecular complexity index is 559. The fraction of sp³-hybridized carbons (Fsp3) is 0.100. The van der Waals surface area contributed by atoms with E-state index in [1.807, 2.05) is 0 Å². The number of aromatic nitrogens is 3. The minimum absolute atomic E-state index is 0.0750. The molecule has 4 N–H and O–H groups in total. The van der Waals surface area contributed by atoms with E-state index in [4.69, 9.17) is 5.73 Å². The zero-order valence-electron chi connectivity index (χ0n) is 9.18. The van der Waals surface area contributed by atoms with Crippen LogP contribution in [0.4, 0.5) is 16.0 Å². The number of anilines is 2. The number of benzene rings is 1. The summed E-state index contributed by atoms with van der Waals surface area (Å²) in [5, 5.41) is 9.04. The van der Waals surface area contributed by atoms with E-state index in [0.29, 0.717) is 5.16 Å². The maximum atomic E-state index is 13.2. The molecular weight excluding hydrogens is 257 g/mol. The van der Waals surface area contributed by atoms with Crippen molar-refractivity contribution < 1.29 is 9.18 Å². The summed E-state index contributed by atoms with van der Waals surface area (Å²) in [6.07, 6.45) is 0. The van der Waals surface area contributed by atoms with Gasteiger partial charge in [0.15, 0.2) is 0 Å². The van der Waals surface area contributed by atoms with E-state index >= 15 is 0 Å². The first-order valence-corrected chi connectivity index (χ1v) is 5.99. The van der Waals surface area contributed by atoms with Gasteiger partial charge in [-0.3, -0.25) is 4.79 Å². The van der Waals surface area contributed by atoms with Crippen LogP contribution in [0.5, 0.6) is 0 Å². The molecule has 0 spiro atoms. The first-order chi connectivity index (χ1) is 8.65. The Morgan fingerprint density at radius 1 is 1.50 bits per heavy atom. The topological polar surface area (TPSA) is 96.7 Å². The van der Waals surface area contributed by atoms with Crippen LogP contribution < -0.4 is 11.1 Å². The number of nitrogens with one attached hydrogen (secondary N) is 2. The number of nitrogens with two attached hydrogens (primary N) is 1. The number of carbonyl (C=O) groups excluding carboxylic acids is 1. The monoisotopic (exact) mass is 267 g/mol. The maximum absolute atomic E-state index is 13.2. The van der Waals surface area contributed by atoms with Gasteiger partial charge in [-0.1, -0.05) is 23.9 Å². The Morgan fingerprint density at radius 3 is 2.94 bits per heavy atom.